The van der Waals surface area contributed by atoms with Crippen LogP contribution in [-0.4, -0.2) is 4.03 Å². The molecule has 0 spiro atoms. The lowest BCUT2D eigenvalue weighted by atomic mass is 10.5. The van der Waals surface area contributed by atoms with E-state index < -0.39 is 0 Å². The molecule has 8 heavy (non-hydrogen) atoms. The Bertz CT molecular complexity index is 143. The van der Waals surface area contributed by atoms with Crippen molar-refractivity contribution in [3.8, 4) is 0 Å². The molecule has 0 aromatic rings. The third kappa shape index (κ3) is 1.66. The van der Waals surface area contributed by atoms with Crippen molar-refractivity contribution in [3.05, 3.63) is 22.1 Å². The van der Waals surface area contributed by atoms with E-state index in [0.717, 1.165) is 0 Å². The predicted molar refractivity (Wildman–Crippen MR) is 45.1 cm³/mol. The zero-order valence-electron chi connectivity index (χ0n) is 3.94. The minimum atomic E-state index is 1.19. The van der Waals surface area contributed by atoms with Crippen LogP contribution in [0.1, 0.15) is 0 Å². The Morgan fingerprint density at radius 3 is 2.88 bits per heavy atom. The summed E-state index contributed by atoms with van der Waals surface area (Å²) < 4.78 is 2.90. The summed E-state index contributed by atoms with van der Waals surface area (Å²) in [6, 6.07) is 0. The molecule has 0 saturated carbocycles. The molecule has 0 atom stereocenters. The van der Waals surface area contributed by atoms with Gasteiger partial charge >= 0.3 is 0 Å². The van der Waals surface area contributed by atoms with Gasteiger partial charge in [0.1, 0.15) is 0 Å². The zero-order valence-corrected chi connectivity index (χ0v) is 7.68. The Kier molecular flexibility index (Phi) is 2.18. The third-order valence-electron chi connectivity index (χ3n) is 0.690. The van der Waals surface area contributed by atoms with Gasteiger partial charge in [0.25, 0.3) is 0 Å². The van der Waals surface area contributed by atoms with Crippen LogP contribution >= 0.6 is 38.7 Å². The zero-order chi connectivity index (χ0) is 5.98. The first-order valence-electron chi connectivity index (χ1n) is 2.04. The van der Waals surface area contributed by atoms with Gasteiger partial charge in [0.05, 0.1) is 16.1 Å². The number of nitrogens with one attached hydrogen (secondary N) is 1. The predicted octanol–water partition coefficient (Wildman–Crippen LogP) is 1.91. The van der Waals surface area contributed by atoms with Crippen LogP contribution in [0.15, 0.2) is 22.1 Å². The van der Waals surface area contributed by atoms with Crippen LogP contribution in [-0.2, 0) is 0 Å². The van der Waals surface area contributed by atoms with Gasteiger partial charge in [0.2, 0.25) is 0 Å². The van der Waals surface area contributed by atoms with Crippen LogP contribution < -0.4 is 5.43 Å². The van der Waals surface area contributed by atoms with Gasteiger partial charge in [-0.1, -0.05) is 0 Å². The fraction of sp³-hybridized carbons (Fsp3) is 0. The quantitative estimate of drug-likeness (QED) is 0.541. The summed E-state index contributed by atoms with van der Waals surface area (Å²) in [5.41, 5.74) is 2.93. The number of allylic oxidation sites excluding steroid dienone is 2. The highest BCUT2D eigenvalue weighted by molar-refractivity contribution is 14.1. The van der Waals surface area contributed by atoms with E-state index >= 15 is 0 Å². The fourth-order valence-corrected chi connectivity index (χ4v) is 0.872. The first kappa shape index (κ1) is 6.41. The molecule has 1 rings (SSSR count). The lowest BCUT2D eigenvalue weighted by Gasteiger charge is -2.13. The van der Waals surface area contributed by atoms with Crippen molar-refractivity contribution >= 4 is 38.7 Å². The van der Waals surface area contributed by atoms with Crippen molar-refractivity contribution in [2.24, 2.45) is 0 Å². The maximum absolute atomic E-state index is 3.20. The molecule has 1 heterocycles. The van der Waals surface area contributed by atoms with Crippen LogP contribution in [0, 0.1) is 0 Å². The highest BCUT2D eigenvalue weighted by atomic mass is 127. The summed E-state index contributed by atoms with van der Waals surface area (Å²) in [5.74, 6) is 0. The third-order valence-corrected chi connectivity index (χ3v) is 1.80. The average Bonchev–Trinajstić information content (AvgIpc) is 1.77. The number of hydrazine groups is 1. The molecule has 44 valence electrons. The maximum atomic E-state index is 3.20. The number of rotatable bonds is 0. The summed E-state index contributed by atoms with van der Waals surface area (Å²) in [4.78, 5) is 0. The van der Waals surface area contributed by atoms with E-state index in [1.807, 2.05) is 18.5 Å². The fourth-order valence-electron chi connectivity index (χ4n) is 0.351. The van der Waals surface area contributed by atoms with Gasteiger partial charge in [0.15, 0.2) is 0 Å². The molecule has 0 aromatic carbocycles. The van der Waals surface area contributed by atoms with Gasteiger partial charge in [0, 0.05) is 16.0 Å². The second-order valence-electron chi connectivity index (χ2n) is 1.29. The second-order valence-corrected chi connectivity index (χ2v) is 3.30. The summed E-state index contributed by atoms with van der Waals surface area (Å²) in [7, 11) is 0. The second kappa shape index (κ2) is 2.72. The molecule has 4 heteroatoms. The molecule has 0 saturated heterocycles. The molecule has 0 bridgehead atoms. The first-order chi connectivity index (χ1) is 3.79. The van der Waals surface area contributed by atoms with Gasteiger partial charge in [-0.25, -0.2) is 4.03 Å². The lowest BCUT2D eigenvalue weighted by Crippen LogP contribution is -2.20. The number of hydrogen-bond acceptors (Lipinski definition) is 2. The van der Waals surface area contributed by atoms with Crippen LogP contribution in [0.2, 0.25) is 0 Å². The SMILES string of the molecule is BrN1C=CC(I)=CN1. The Hall–Kier alpha value is 0.290. The van der Waals surface area contributed by atoms with Crippen LogP contribution in [0.3, 0.4) is 0 Å². The van der Waals surface area contributed by atoms with Gasteiger partial charge in [-0.2, -0.15) is 0 Å². The molecule has 1 aliphatic rings. The van der Waals surface area contributed by atoms with Crippen molar-refractivity contribution in [1.82, 2.24) is 9.46 Å². The molecule has 1 N–H and O–H groups in total. The standard InChI is InChI=1S/C4H4BrIN2/c5-8-2-1-4(6)3-7-8/h1-3,7H. The maximum Gasteiger partial charge on any atom is 0.0723 e. The molecular formula is C4H4BrIN2. The molecule has 0 amide bonds. The van der Waals surface area contributed by atoms with Crippen LogP contribution in [0.4, 0.5) is 0 Å². The number of halogens is 2. The first-order valence-corrected chi connectivity index (χ1v) is 3.83. The molecule has 0 unspecified atom stereocenters. The molecule has 0 fully saturated rings. The summed E-state index contributed by atoms with van der Waals surface area (Å²) >= 11 is 5.43. The van der Waals surface area contributed by atoms with E-state index in [2.05, 4.69) is 44.2 Å². The highest BCUT2D eigenvalue weighted by Crippen LogP contribution is 2.11. The number of nitrogens with zero attached hydrogens (tertiary/aromatic N) is 1. The van der Waals surface area contributed by atoms with E-state index in [-0.39, 0.29) is 0 Å². The summed E-state index contributed by atoms with van der Waals surface area (Å²) in [5, 5.41) is 0. The Morgan fingerprint density at radius 2 is 2.50 bits per heavy atom. The summed E-state index contributed by atoms with van der Waals surface area (Å²) in [6.45, 7) is 0. The molecule has 2 nitrogen and oxygen atoms in total. The van der Waals surface area contributed by atoms with Crippen molar-refractivity contribution in [1.29, 1.82) is 0 Å². The monoisotopic (exact) mass is 286 g/mol. The van der Waals surface area contributed by atoms with Crippen LogP contribution in [0.5, 0.6) is 0 Å². The lowest BCUT2D eigenvalue weighted by molar-refractivity contribution is 0.552. The molecule has 0 aliphatic carbocycles. The Labute approximate surface area is 70.1 Å². The van der Waals surface area contributed by atoms with Gasteiger partial charge in [-0.15, -0.1) is 0 Å². The van der Waals surface area contributed by atoms with E-state index in [0.29, 0.717) is 0 Å². The van der Waals surface area contributed by atoms with E-state index in [1.54, 1.807) is 4.03 Å². The molecule has 0 aromatic heterocycles. The van der Waals surface area contributed by atoms with Gasteiger partial charge in [-0.3, -0.25) is 5.43 Å². The van der Waals surface area contributed by atoms with E-state index in [4.69, 9.17) is 0 Å². The summed E-state index contributed by atoms with van der Waals surface area (Å²) in [6.07, 6.45) is 5.78. The van der Waals surface area contributed by atoms with E-state index in [9.17, 15) is 0 Å². The van der Waals surface area contributed by atoms with Crippen LogP contribution in [0.25, 0.3) is 0 Å². The number of hydrogen-bond donors (Lipinski definition) is 1. The highest BCUT2D eigenvalue weighted by Gasteiger charge is 1.94. The molecule has 0 radical (unpaired) electrons. The van der Waals surface area contributed by atoms with Crippen molar-refractivity contribution in [3.63, 3.8) is 0 Å². The normalized spacial score (nSPS) is 17.8. The average molecular weight is 287 g/mol. The van der Waals surface area contributed by atoms with Gasteiger partial charge < -0.3 is 0 Å². The molecule has 1 aliphatic heterocycles. The Morgan fingerprint density at radius 1 is 1.75 bits per heavy atom. The molecular weight excluding hydrogens is 283 g/mol. The van der Waals surface area contributed by atoms with Crippen molar-refractivity contribution in [2.45, 2.75) is 0 Å². The van der Waals surface area contributed by atoms with E-state index in [1.165, 1.54) is 3.58 Å². The minimum absolute atomic E-state index is 1.19. The van der Waals surface area contributed by atoms with Crippen molar-refractivity contribution < 1.29 is 0 Å². The topological polar surface area (TPSA) is 15.3 Å². The minimum Gasteiger partial charge on any atom is -0.295 e. The Balaban J connectivity index is 2.58. The van der Waals surface area contributed by atoms with Crippen molar-refractivity contribution in [2.75, 3.05) is 0 Å². The smallest absolute Gasteiger partial charge is 0.0723 e. The largest absolute Gasteiger partial charge is 0.295 e. The van der Waals surface area contributed by atoms with Gasteiger partial charge in [-0.05, 0) is 28.7 Å².